The van der Waals surface area contributed by atoms with Crippen molar-refractivity contribution in [3.63, 3.8) is 0 Å². The molecule has 0 aliphatic carbocycles. The molecule has 0 radical (unpaired) electrons. The van der Waals surface area contributed by atoms with E-state index >= 15 is 0 Å². The van der Waals surface area contributed by atoms with Crippen molar-refractivity contribution in [1.82, 2.24) is 0 Å². The van der Waals surface area contributed by atoms with Gasteiger partial charge >= 0.3 is 0 Å². The molecule has 0 bridgehead atoms. The summed E-state index contributed by atoms with van der Waals surface area (Å²) in [4.78, 5) is 0. The van der Waals surface area contributed by atoms with Crippen LogP contribution in [0.2, 0.25) is 0 Å². The zero-order chi connectivity index (χ0) is 18.4. The number of aryl methyl sites for hydroxylation is 4. The maximum Gasteiger partial charge on any atom is 0.125 e. The van der Waals surface area contributed by atoms with E-state index in [9.17, 15) is 0 Å². The molecule has 0 aliphatic heterocycles. The van der Waals surface area contributed by atoms with Crippen LogP contribution < -0.4 is 9.47 Å². The van der Waals surface area contributed by atoms with Crippen LogP contribution in [0.25, 0.3) is 0 Å². The SMILES string of the molecule is Cc1cc(C)c(OCCO)c(Cc2cc(C)cc(C)c2OCCO)c1. The van der Waals surface area contributed by atoms with Crippen LogP contribution in [-0.2, 0) is 6.42 Å². The van der Waals surface area contributed by atoms with Crippen molar-refractivity contribution in [2.24, 2.45) is 0 Å². The third-order valence-corrected chi connectivity index (χ3v) is 4.05. The topological polar surface area (TPSA) is 58.9 Å². The van der Waals surface area contributed by atoms with Crippen LogP contribution in [0.5, 0.6) is 11.5 Å². The van der Waals surface area contributed by atoms with E-state index in [1.807, 2.05) is 13.8 Å². The lowest BCUT2D eigenvalue weighted by molar-refractivity contribution is 0.198. The van der Waals surface area contributed by atoms with Crippen LogP contribution in [0.15, 0.2) is 24.3 Å². The molecule has 136 valence electrons. The van der Waals surface area contributed by atoms with Crippen molar-refractivity contribution in [1.29, 1.82) is 0 Å². The molecule has 0 saturated carbocycles. The number of ether oxygens (including phenoxy) is 2. The molecule has 2 rings (SSSR count). The Morgan fingerprint density at radius 1 is 0.680 bits per heavy atom. The van der Waals surface area contributed by atoms with E-state index in [1.54, 1.807) is 0 Å². The van der Waals surface area contributed by atoms with Crippen LogP contribution in [0.1, 0.15) is 33.4 Å². The van der Waals surface area contributed by atoms with E-state index in [2.05, 4.69) is 38.1 Å². The molecule has 0 aromatic heterocycles. The molecule has 2 N–H and O–H groups in total. The van der Waals surface area contributed by atoms with Gasteiger partial charge in [-0.15, -0.1) is 0 Å². The van der Waals surface area contributed by atoms with Crippen LogP contribution in [-0.4, -0.2) is 36.6 Å². The van der Waals surface area contributed by atoms with Gasteiger partial charge in [-0.1, -0.05) is 35.4 Å². The van der Waals surface area contributed by atoms with Crippen molar-refractivity contribution >= 4 is 0 Å². The predicted octanol–water partition coefficient (Wildman–Crippen LogP) is 3.25. The zero-order valence-corrected chi connectivity index (χ0v) is 15.6. The van der Waals surface area contributed by atoms with Crippen molar-refractivity contribution < 1.29 is 19.7 Å². The summed E-state index contributed by atoms with van der Waals surface area (Å²) in [5, 5.41) is 18.2. The number of hydrogen-bond donors (Lipinski definition) is 2. The largest absolute Gasteiger partial charge is 0.491 e. The van der Waals surface area contributed by atoms with E-state index in [-0.39, 0.29) is 26.4 Å². The van der Waals surface area contributed by atoms with E-state index < -0.39 is 0 Å². The Morgan fingerprint density at radius 2 is 1.08 bits per heavy atom. The summed E-state index contributed by atoms with van der Waals surface area (Å²) in [5.41, 5.74) is 6.61. The van der Waals surface area contributed by atoms with Gasteiger partial charge in [0.1, 0.15) is 24.7 Å². The summed E-state index contributed by atoms with van der Waals surface area (Å²) >= 11 is 0. The predicted molar refractivity (Wildman–Crippen MR) is 99.8 cm³/mol. The lowest BCUT2D eigenvalue weighted by atomic mass is 9.96. The Balaban J connectivity index is 2.45. The number of benzene rings is 2. The highest BCUT2D eigenvalue weighted by Crippen LogP contribution is 2.32. The van der Waals surface area contributed by atoms with Gasteiger partial charge in [-0.25, -0.2) is 0 Å². The molecular weight excluding hydrogens is 316 g/mol. The van der Waals surface area contributed by atoms with Crippen molar-refractivity contribution in [2.75, 3.05) is 26.4 Å². The summed E-state index contributed by atoms with van der Waals surface area (Å²) in [6.07, 6.45) is 0.673. The quantitative estimate of drug-likeness (QED) is 0.772. The first-order chi connectivity index (χ1) is 12.0. The molecule has 0 amide bonds. The van der Waals surface area contributed by atoms with Crippen LogP contribution in [0, 0.1) is 27.7 Å². The molecule has 25 heavy (non-hydrogen) atoms. The number of hydrogen-bond acceptors (Lipinski definition) is 4. The van der Waals surface area contributed by atoms with Crippen molar-refractivity contribution in [2.45, 2.75) is 34.1 Å². The molecule has 0 fully saturated rings. The molecule has 0 aliphatic rings. The van der Waals surface area contributed by atoms with Crippen LogP contribution >= 0.6 is 0 Å². The Bertz CT molecular complexity index is 661. The molecule has 4 nitrogen and oxygen atoms in total. The molecule has 0 unspecified atom stereocenters. The Morgan fingerprint density at radius 3 is 1.44 bits per heavy atom. The second-order valence-corrected chi connectivity index (χ2v) is 6.46. The summed E-state index contributed by atoms with van der Waals surface area (Å²) in [6, 6.07) is 8.40. The monoisotopic (exact) mass is 344 g/mol. The minimum atomic E-state index is -0.0127. The standard InChI is InChI=1S/C21H28O4/c1-14-9-16(3)20(24-7-5-22)18(11-14)13-19-12-15(2)10-17(4)21(19)25-8-6-23/h9-12,22-23H,5-8,13H2,1-4H3. The highest BCUT2D eigenvalue weighted by atomic mass is 16.5. The average Bonchev–Trinajstić information content (AvgIpc) is 2.53. The summed E-state index contributed by atoms with van der Waals surface area (Å²) in [7, 11) is 0. The van der Waals surface area contributed by atoms with Gasteiger partial charge in [-0.3, -0.25) is 0 Å². The fourth-order valence-corrected chi connectivity index (χ4v) is 3.26. The Labute approximate surface area is 150 Å². The normalized spacial score (nSPS) is 10.8. The highest BCUT2D eigenvalue weighted by molar-refractivity contribution is 5.51. The molecule has 2 aromatic rings. The Kier molecular flexibility index (Phi) is 6.85. The molecule has 4 heteroatoms. The van der Waals surface area contributed by atoms with Crippen molar-refractivity contribution in [3.05, 3.63) is 57.6 Å². The maximum absolute atomic E-state index is 9.10. The zero-order valence-electron chi connectivity index (χ0n) is 15.6. The molecule has 2 aromatic carbocycles. The molecule has 0 saturated heterocycles. The first kappa shape index (κ1) is 19.3. The fourth-order valence-electron chi connectivity index (χ4n) is 3.26. The van der Waals surface area contributed by atoms with Gasteiger partial charge in [0.15, 0.2) is 0 Å². The van der Waals surface area contributed by atoms with Crippen LogP contribution in [0.4, 0.5) is 0 Å². The van der Waals surface area contributed by atoms with Gasteiger partial charge in [0.05, 0.1) is 13.2 Å². The maximum atomic E-state index is 9.10. The number of aliphatic hydroxyl groups is 2. The second kappa shape index (κ2) is 8.88. The van der Waals surface area contributed by atoms with Gasteiger partial charge in [-0.2, -0.15) is 0 Å². The third kappa shape index (κ3) is 4.97. The van der Waals surface area contributed by atoms with Gasteiger partial charge in [0.25, 0.3) is 0 Å². The van der Waals surface area contributed by atoms with Crippen molar-refractivity contribution in [3.8, 4) is 11.5 Å². The first-order valence-corrected chi connectivity index (χ1v) is 8.63. The van der Waals surface area contributed by atoms with E-state index in [4.69, 9.17) is 19.7 Å². The van der Waals surface area contributed by atoms with Gasteiger partial charge in [0, 0.05) is 6.42 Å². The Hall–Kier alpha value is -2.04. The molecule has 0 heterocycles. The minimum Gasteiger partial charge on any atom is -0.491 e. The molecule has 0 atom stereocenters. The number of rotatable bonds is 8. The van der Waals surface area contributed by atoms with Gasteiger partial charge < -0.3 is 19.7 Å². The lowest BCUT2D eigenvalue weighted by Crippen LogP contribution is -2.08. The van der Waals surface area contributed by atoms with E-state index in [0.29, 0.717) is 6.42 Å². The summed E-state index contributed by atoms with van der Waals surface area (Å²) in [6.45, 7) is 8.70. The smallest absolute Gasteiger partial charge is 0.125 e. The summed E-state index contributed by atoms with van der Waals surface area (Å²) < 4.78 is 11.6. The highest BCUT2D eigenvalue weighted by Gasteiger charge is 2.14. The van der Waals surface area contributed by atoms with Gasteiger partial charge in [-0.05, 0) is 49.9 Å². The van der Waals surface area contributed by atoms with E-state index in [1.165, 1.54) is 11.1 Å². The number of aliphatic hydroxyl groups excluding tert-OH is 2. The molecular formula is C21H28O4. The minimum absolute atomic E-state index is 0.0127. The summed E-state index contributed by atoms with van der Waals surface area (Å²) in [5.74, 6) is 1.65. The molecule has 0 spiro atoms. The third-order valence-electron chi connectivity index (χ3n) is 4.05. The first-order valence-electron chi connectivity index (χ1n) is 8.63. The second-order valence-electron chi connectivity index (χ2n) is 6.46. The van der Waals surface area contributed by atoms with Gasteiger partial charge in [0.2, 0.25) is 0 Å². The van der Waals surface area contributed by atoms with Crippen LogP contribution in [0.3, 0.4) is 0 Å². The lowest BCUT2D eigenvalue weighted by Gasteiger charge is -2.18. The average molecular weight is 344 g/mol. The fraction of sp³-hybridized carbons (Fsp3) is 0.429. The van der Waals surface area contributed by atoms with E-state index in [0.717, 1.165) is 33.8 Å².